The van der Waals surface area contributed by atoms with Crippen LogP contribution in [0.25, 0.3) is 0 Å². The van der Waals surface area contributed by atoms with Gasteiger partial charge < -0.3 is 0 Å². The van der Waals surface area contributed by atoms with Crippen LogP contribution < -0.4 is 0 Å². The van der Waals surface area contributed by atoms with Gasteiger partial charge in [-0.3, -0.25) is 4.90 Å². The number of halogens is 2. The molecule has 1 nitrogen and oxygen atoms in total. The molecule has 0 N–H and O–H groups in total. The van der Waals surface area contributed by atoms with Crippen LogP contribution in [0.4, 0.5) is 4.39 Å². The summed E-state index contributed by atoms with van der Waals surface area (Å²) in [5, 5.41) is 0. The molecule has 3 heteroatoms. The molecular weight excluding hydrogens is 257 g/mol. The second-order valence-corrected chi connectivity index (χ2v) is 5.22. The van der Waals surface area contributed by atoms with Crippen molar-refractivity contribution in [1.29, 1.82) is 0 Å². The van der Waals surface area contributed by atoms with Gasteiger partial charge in [0.25, 0.3) is 0 Å². The highest BCUT2D eigenvalue weighted by atomic mass is 79.9. The van der Waals surface area contributed by atoms with E-state index in [1.807, 2.05) is 6.07 Å². The first-order valence-electron chi connectivity index (χ1n) is 5.31. The second-order valence-electron chi connectivity index (χ2n) is 4.36. The molecule has 1 saturated heterocycles. The minimum atomic E-state index is -0.180. The molecule has 1 heterocycles. The van der Waals surface area contributed by atoms with Crippen LogP contribution in [0.2, 0.25) is 0 Å². The zero-order valence-corrected chi connectivity index (χ0v) is 10.4. The number of rotatable bonds is 2. The molecule has 82 valence electrons. The first-order valence-corrected chi connectivity index (χ1v) is 6.11. The monoisotopic (exact) mass is 271 g/mol. The van der Waals surface area contributed by atoms with Crippen LogP contribution in [0.15, 0.2) is 22.7 Å². The van der Waals surface area contributed by atoms with Gasteiger partial charge in [0.1, 0.15) is 5.82 Å². The fourth-order valence-corrected chi connectivity index (χ4v) is 2.54. The number of nitrogens with zero attached hydrogens (tertiary/aromatic N) is 1. The Kier molecular flexibility index (Phi) is 3.42. The maximum Gasteiger partial charge on any atom is 0.124 e. The van der Waals surface area contributed by atoms with Crippen molar-refractivity contribution in [3.05, 3.63) is 34.1 Å². The molecular formula is C12H15BrFN. The first kappa shape index (κ1) is 11.1. The highest BCUT2D eigenvalue weighted by Crippen LogP contribution is 2.23. The van der Waals surface area contributed by atoms with Crippen LogP contribution in [0.5, 0.6) is 0 Å². The van der Waals surface area contributed by atoms with Crippen molar-refractivity contribution in [2.24, 2.45) is 5.92 Å². The van der Waals surface area contributed by atoms with Crippen molar-refractivity contribution < 1.29 is 4.39 Å². The number of likely N-dealkylation sites (tertiary alicyclic amines) is 1. The van der Waals surface area contributed by atoms with Crippen molar-refractivity contribution in [3.8, 4) is 0 Å². The zero-order valence-electron chi connectivity index (χ0n) is 8.84. The fourth-order valence-electron chi connectivity index (χ4n) is 2.06. The fraction of sp³-hybridized carbons (Fsp3) is 0.500. The molecule has 0 aromatic heterocycles. The Balaban J connectivity index is 2.04. The maximum absolute atomic E-state index is 12.9. The Labute approximate surface area is 98.4 Å². The molecule has 0 bridgehead atoms. The van der Waals surface area contributed by atoms with Gasteiger partial charge in [-0.1, -0.05) is 28.9 Å². The molecule has 2 rings (SSSR count). The van der Waals surface area contributed by atoms with E-state index >= 15 is 0 Å². The summed E-state index contributed by atoms with van der Waals surface area (Å²) in [6.07, 6.45) is 1.28. The van der Waals surface area contributed by atoms with Crippen molar-refractivity contribution in [2.75, 3.05) is 13.1 Å². The van der Waals surface area contributed by atoms with E-state index in [0.717, 1.165) is 30.0 Å². The van der Waals surface area contributed by atoms with Gasteiger partial charge in [0, 0.05) is 17.6 Å². The minimum absolute atomic E-state index is 0.180. The number of hydrogen-bond donors (Lipinski definition) is 0. The minimum Gasteiger partial charge on any atom is -0.299 e. The lowest BCUT2D eigenvalue weighted by molar-refractivity contribution is 0.319. The molecule has 0 saturated carbocycles. The van der Waals surface area contributed by atoms with E-state index in [1.165, 1.54) is 24.1 Å². The SMILES string of the molecule is CC1CCN(Cc2ccc(F)cc2Br)C1. The van der Waals surface area contributed by atoms with Crippen LogP contribution in [0, 0.1) is 11.7 Å². The van der Waals surface area contributed by atoms with Crippen molar-refractivity contribution in [2.45, 2.75) is 19.9 Å². The summed E-state index contributed by atoms with van der Waals surface area (Å²) in [7, 11) is 0. The molecule has 1 atom stereocenters. The molecule has 0 radical (unpaired) electrons. The molecule has 0 aliphatic carbocycles. The summed E-state index contributed by atoms with van der Waals surface area (Å²) >= 11 is 3.40. The molecule has 1 aromatic rings. The second kappa shape index (κ2) is 4.62. The molecule has 1 aromatic carbocycles. The van der Waals surface area contributed by atoms with E-state index in [1.54, 1.807) is 0 Å². The van der Waals surface area contributed by atoms with Crippen LogP contribution in [0.3, 0.4) is 0 Å². The van der Waals surface area contributed by atoms with Gasteiger partial charge in [0.2, 0.25) is 0 Å². The van der Waals surface area contributed by atoms with E-state index in [-0.39, 0.29) is 5.82 Å². The lowest BCUT2D eigenvalue weighted by Gasteiger charge is -2.16. The molecule has 1 aliphatic heterocycles. The van der Waals surface area contributed by atoms with E-state index in [4.69, 9.17) is 0 Å². The largest absolute Gasteiger partial charge is 0.299 e. The summed E-state index contributed by atoms with van der Waals surface area (Å²) < 4.78 is 13.8. The Morgan fingerprint density at radius 3 is 2.93 bits per heavy atom. The van der Waals surface area contributed by atoms with Gasteiger partial charge in [-0.25, -0.2) is 4.39 Å². The smallest absolute Gasteiger partial charge is 0.124 e. The van der Waals surface area contributed by atoms with Gasteiger partial charge in [-0.05, 0) is 36.6 Å². The quantitative estimate of drug-likeness (QED) is 0.797. The van der Waals surface area contributed by atoms with Gasteiger partial charge >= 0.3 is 0 Å². The highest BCUT2D eigenvalue weighted by Gasteiger charge is 2.19. The lowest BCUT2D eigenvalue weighted by atomic mass is 10.2. The van der Waals surface area contributed by atoms with Crippen LogP contribution >= 0.6 is 15.9 Å². The Bertz CT molecular complexity index is 353. The van der Waals surface area contributed by atoms with E-state index in [9.17, 15) is 4.39 Å². The van der Waals surface area contributed by atoms with E-state index in [0.29, 0.717) is 0 Å². The third-order valence-corrected chi connectivity index (χ3v) is 3.66. The summed E-state index contributed by atoms with van der Waals surface area (Å²) in [4.78, 5) is 2.42. The molecule has 15 heavy (non-hydrogen) atoms. The molecule has 0 spiro atoms. The molecule has 1 fully saturated rings. The average Bonchev–Trinajstić information content (AvgIpc) is 2.56. The van der Waals surface area contributed by atoms with Gasteiger partial charge in [-0.15, -0.1) is 0 Å². The van der Waals surface area contributed by atoms with Gasteiger partial charge in [-0.2, -0.15) is 0 Å². The summed E-state index contributed by atoms with van der Waals surface area (Å²) in [6, 6.07) is 4.93. The molecule has 1 unspecified atom stereocenters. The molecule has 1 aliphatic rings. The Morgan fingerprint density at radius 2 is 2.33 bits per heavy atom. The number of hydrogen-bond acceptors (Lipinski definition) is 1. The maximum atomic E-state index is 12.9. The number of benzene rings is 1. The predicted molar refractivity (Wildman–Crippen MR) is 63.2 cm³/mol. The highest BCUT2D eigenvalue weighted by molar-refractivity contribution is 9.10. The van der Waals surface area contributed by atoms with Crippen LogP contribution in [0.1, 0.15) is 18.9 Å². The third-order valence-electron chi connectivity index (χ3n) is 2.92. The Morgan fingerprint density at radius 1 is 1.53 bits per heavy atom. The summed E-state index contributed by atoms with van der Waals surface area (Å²) in [5.41, 5.74) is 1.17. The van der Waals surface area contributed by atoms with Crippen molar-refractivity contribution in [1.82, 2.24) is 4.90 Å². The predicted octanol–water partition coefficient (Wildman–Crippen LogP) is 3.43. The van der Waals surface area contributed by atoms with Gasteiger partial charge in [0.15, 0.2) is 0 Å². The molecule has 0 amide bonds. The summed E-state index contributed by atoms with van der Waals surface area (Å²) in [5.74, 6) is 0.615. The van der Waals surface area contributed by atoms with Gasteiger partial charge in [0.05, 0.1) is 0 Å². The van der Waals surface area contributed by atoms with Crippen molar-refractivity contribution in [3.63, 3.8) is 0 Å². The standard InChI is InChI=1S/C12H15BrFN/c1-9-4-5-15(7-9)8-10-2-3-11(14)6-12(10)13/h2-3,6,9H,4-5,7-8H2,1H3. The first-order chi connectivity index (χ1) is 7.15. The zero-order chi connectivity index (χ0) is 10.8. The summed E-state index contributed by atoms with van der Waals surface area (Å²) in [6.45, 7) is 5.51. The van der Waals surface area contributed by atoms with Crippen LogP contribution in [-0.2, 0) is 6.54 Å². The van der Waals surface area contributed by atoms with E-state index in [2.05, 4.69) is 27.8 Å². The van der Waals surface area contributed by atoms with Crippen molar-refractivity contribution >= 4 is 15.9 Å². The Hall–Kier alpha value is -0.410. The normalized spacial score (nSPS) is 22.2. The lowest BCUT2D eigenvalue weighted by Crippen LogP contribution is -2.19. The van der Waals surface area contributed by atoms with E-state index < -0.39 is 0 Å². The van der Waals surface area contributed by atoms with Crippen LogP contribution in [-0.4, -0.2) is 18.0 Å². The third kappa shape index (κ3) is 2.79. The topological polar surface area (TPSA) is 3.24 Å². The average molecular weight is 272 g/mol.